The van der Waals surface area contributed by atoms with Crippen molar-refractivity contribution in [3.63, 3.8) is 0 Å². The van der Waals surface area contributed by atoms with Crippen molar-refractivity contribution in [2.75, 3.05) is 19.3 Å². The van der Waals surface area contributed by atoms with Crippen LogP contribution in [0.4, 0.5) is 0 Å². The molecular weight excluding hydrogens is 294 g/mol. The van der Waals surface area contributed by atoms with Gasteiger partial charge in [-0.15, -0.1) is 11.8 Å². The van der Waals surface area contributed by atoms with E-state index in [2.05, 4.69) is 43.9 Å². The molecule has 0 aromatic heterocycles. The third kappa shape index (κ3) is 3.40. The minimum absolute atomic E-state index is 0.0000694. The van der Waals surface area contributed by atoms with E-state index in [1.807, 2.05) is 38.6 Å². The maximum Gasteiger partial charge on any atom is 0.276 e. The van der Waals surface area contributed by atoms with Crippen LogP contribution >= 0.6 is 11.8 Å². The fourth-order valence-corrected chi connectivity index (χ4v) is 3.46. The maximum absolute atomic E-state index is 12.8. The van der Waals surface area contributed by atoms with Crippen LogP contribution in [-0.4, -0.2) is 46.4 Å². The summed E-state index contributed by atoms with van der Waals surface area (Å²) in [5.74, 6) is 1.10. The lowest BCUT2D eigenvalue weighted by Crippen LogP contribution is -2.39. The highest BCUT2D eigenvalue weighted by Gasteiger charge is 2.40. The number of amides is 1. The van der Waals surface area contributed by atoms with Gasteiger partial charge in [0.05, 0.1) is 21.9 Å². The summed E-state index contributed by atoms with van der Waals surface area (Å²) in [5.41, 5.74) is 1.12. The number of nitrogens with zero attached hydrogens (tertiary/aromatic N) is 3. The SMILES string of the molecule is CN1CCS/C1=C/C=C1/C(=O)N(C(C)(C)C)N=C1C(C)(C)C. The lowest BCUT2D eigenvalue weighted by atomic mass is 9.85. The predicted molar refractivity (Wildman–Crippen MR) is 94.7 cm³/mol. The molecule has 0 aromatic carbocycles. The van der Waals surface area contributed by atoms with Gasteiger partial charge < -0.3 is 4.90 Å². The number of carbonyl (C=O) groups is 1. The minimum Gasteiger partial charge on any atom is -0.369 e. The molecule has 2 aliphatic heterocycles. The van der Waals surface area contributed by atoms with Crippen LogP contribution in [0.15, 0.2) is 27.9 Å². The first kappa shape index (κ1) is 17.1. The number of thioether (sulfide) groups is 1. The van der Waals surface area contributed by atoms with Crippen molar-refractivity contribution in [2.24, 2.45) is 10.5 Å². The van der Waals surface area contributed by atoms with Crippen molar-refractivity contribution in [1.82, 2.24) is 9.91 Å². The molecule has 0 radical (unpaired) electrons. The average molecular weight is 321 g/mol. The monoisotopic (exact) mass is 321 g/mol. The molecule has 0 aliphatic carbocycles. The quantitative estimate of drug-likeness (QED) is 0.694. The Labute approximate surface area is 138 Å². The Morgan fingerprint density at radius 1 is 1.14 bits per heavy atom. The van der Waals surface area contributed by atoms with E-state index in [4.69, 9.17) is 0 Å². The number of hydrogen-bond donors (Lipinski definition) is 0. The highest BCUT2D eigenvalue weighted by atomic mass is 32.2. The van der Waals surface area contributed by atoms with E-state index in [0.29, 0.717) is 0 Å². The summed E-state index contributed by atoms with van der Waals surface area (Å²) in [6, 6.07) is 0. The number of rotatable bonds is 1. The van der Waals surface area contributed by atoms with Gasteiger partial charge >= 0.3 is 0 Å². The molecule has 0 spiro atoms. The second kappa shape index (κ2) is 5.76. The van der Waals surface area contributed by atoms with Gasteiger partial charge in [-0.3, -0.25) is 4.79 Å². The first-order chi connectivity index (χ1) is 10.0. The molecule has 0 bridgehead atoms. The van der Waals surface area contributed by atoms with E-state index in [0.717, 1.165) is 23.6 Å². The molecule has 2 rings (SSSR count). The van der Waals surface area contributed by atoms with Gasteiger partial charge in [0, 0.05) is 24.8 Å². The number of carbonyl (C=O) groups excluding carboxylic acids is 1. The van der Waals surface area contributed by atoms with Crippen molar-refractivity contribution in [2.45, 2.75) is 47.1 Å². The average Bonchev–Trinajstić information content (AvgIpc) is 2.89. The van der Waals surface area contributed by atoms with Gasteiger partial charge in [-0.25, -0.2) is 5.01 Å². The second-order valence-electron chi connectivity index (χ2n) is 7.84. The largest absolute Gasteiger partial charge is 0.369 e. The van der Waals surface area contributed by atoms with E-state index in [9.17, 15) is 4.79 Å². The first-order valence-electron chi connectivity index (χ1n) is 7.72. The lowest BCUT2D eigenvalue weighted by Gasteiger charge is -2.27. The molecule has 1 amide bonds. The highest BCUT2D eigenvalue weighted by molar-refractivity contribution is 8.03. The molecule has 2 aliphatic rings. The van der Waals surface area contributed by atoms with Crippen LogP contribution in [0.5, 0.6) is 0 Å². The molecule has 0 unspecified atom stereocenters. The smallest absolute Gasteiger partial charge is 0.276 e. The van der Waals surface area contributed by atoms with Crippen molar-refractivity contribution in [3.05, 3.63) is 22.8 Å². The third-order valence-electron chi connectivity index (χ3n) is 3.67. The Balaban J connectivity index is 2.41. The van der Waals surface area contributed by atoms with Crippen LogP contribution in [0.3, 0.4) is 0 Å². The lowest BCUT2D eigenvalue weighted by molar-refractivity contribution is -0.130. The predicted octanol–water partition coefficient (Wildman–Crippen LogP) is 3.48. The van der Waals surface area contributed by atoms with Crippen molar-refractivity contribution < 1.29 is 4.79 Å². The van der Waals surface area contributed by atoms with Gasteiger partial charge in [0.15, 0.2) is 0 Å². The van der Waals surface area contributed by atoms with Gasteiger partial charge in [-0.05, 0) is 32.9 Å². The molecule has 5 heteroatoms. The summed E-state index contributed by atoms with van der Waals surface area (Å²) in [6.07, 6.45) is 4.00. The van der Waals surface area contributed by atoms with E-state index in [1.165, 1.54) is 5.03 Å². The molecule has 2 heterocycles. The Morgan fingerprint density at radius 2 is 1.77 bits per heavy atom. The summed E-state index contributed by atoms with van der Waals surface area (Å²) in [6.45, 7) is 13.4. The summed E-state index contributed by atoms with van der Waals surface area (Å²) >= 11 is 1.83. The zero-order chi connectivity index (χ0) is 16.7. The molecular formula is C17H27N3OS. The number of hydrogen-bond acceptors (Lipinski definition) is 4. The Kier molecular flexibility index (Phi) is 4.49. The molecule has 22 heavy (non-hydrogen) atoms. The van der Waals surface area contributed by atoms with E-state index < -0.39 is 0 Å². The van der Waals surface area contributed by atoms with Crippen molar-refractivity contribution in [1.29, 1.82) is 0 Å². The maximum atomic E-state index is 12.8. The minimum atomic E-state index is -0.310. The molecule has 0 saturated carbocycles. The normalized spacial score (nSPS) is 24.0. The molecule has 0 aromatic rings. The highest BCUT2D eigenvalue weighted by Crippen LogP contribution is 2.33. The van der Waals surface area contributed by atoms with Crippen molar-refractivity contribution >= 4 is 23.4 Å². The van der Waals surface area contributed by atoms with Crippen LogP contribution in [0.2, 0.25) is 0 Å². The van der Waals surface area contributed by atoms with Gasteiger partial charge in [-0.2, -0.15) is 5.10 Å². The summed E-state index contributed by atoms with van der Waals surface area (Å²) in [4.78, 5) is 15.0. The zero-order valence-corrected chi connectivity index (χ0v) is 15.5. The fraction of sp³-hybridized carbons (Fsp3) is 0.647. The molecule has 122 valence electrons. The molecule has 1 fully saturated rings. The van der Waals surface area contributed by atoms with Gasteiger partial charge in [0.25, 0.3) is 5.91 Å². The molecule has 0 atom stereocenters. The Morgan fingerprint density at radius 3 is 2.23 bits per heavy atom. The topological polar surface area (TPSA) is 35.9 Å². The molecule has 4 nitrogen and oxygen atoms in total. The van der Waals surface area contributed by atoms with Gasteiger partial charge in [-0.1, -0.05) is 20.8 Å². The third-order valence-corrected chi connectivity index (χ3v) is 4.80. The Bertz CT molecular complexity index is 561. The van der Waals surface area contributed by atoms with Gasteiger partial charge in [0.2, 0.25) is 0 Å². The van der Waals surface area contributed by atoms with Crippen LogP contribution in [0, 0.1) is 5.41 Å². The van der Waals surface area contributed by atoms with Crippen LogP contribution in [-0.2, 0) is 4.79 Å². The Hall–Kier alpha value is -1.23. The van der Waals surface area contributed by atoms with Crippen LogP contribution in [0.1, 0.15) is 41.5 Å². The standard InChI is InChI=1S/C17H27N3OS/c1-16(2,3)14-12(8-9-13-19(7)10-11-22-13)15(21)20(18-14)17(4,5)6/h8-9H,10-11H2,1-7H3/b12-8+,13-9+. The first-order valence-corrected chi connectivity index (χ1v) is 8.70. The number of hydrazone groups is 1. The van der Waals surface area contributed by atoms with E-state index >= 15 is 0 Å². The summed E-state index contributed by atoms with van der Waals surface area (Å²) in [7, 11) is 2.08. The zero-order valence-electron chi connectivity index (χ0n) is 14.7. The van der Waals surface area contributed by atoms with Crippen molar-refractivity contribution in [3.8, 4) is 0 Å². The van der Waals surface area contributed by atoms with Gasteiger partial charge in [0.1, 0.15) is 0 Å². The van der Waals surface area contributed by atoms with Crippen LogP contribution < -0.4 is 0 Å². The molecule has 1 saturated heterocycles. The van der Waals surface area contributed by atoms with Crippen LogP contribution in [0.25, 0.3) is 0 Å². The van der Waals surface area contributed by atoms with E-state index in [-0.39, 0.29) is 16.9 Å². The second-order valence-corrected chi connectivity index (χ2v) is 8.96. The number of allylic oxidation sites excluding steroid dienone is 2. The summed E-state index contributed by atoms with van der Waals surface area (Å²) < 4.78 is 0. The fourth-order valence-electron chi connectivity index (χ4n) is 2.41. The molecule has 0 N–H and O–H groups in total. The van der Waals surface area contributed by atoms with E-state index in [1.54, 1.807) is 5.01 Å². The summed E-state index contributed by atoms with van der Waals surface area (Å²) in [5, 5.41) is 7.47.